The number of likely N-dealkylation sites (N-methyl/N-ethyl adjacent to an activating group) is 1. The monoisotopic (exact) mass is 343 g/mol. The average Bonchev–Trinajstić information content (AvgIpc) is 3.13. The number of nitrogens with one attached hydrogen (secondary N) is 2. The molecule has 0 aliphatic carbocycles. The van der Waals surface area contributed by atoms with Gasteiger partial charge in [-0.15, -0.1) is 0 Å². The summed E-state index contributed by atoms with van der Waals surface area (Å²) in [7, 11) is 1.77. The van der Waals surface area contributed by atoms with E-state index in [0.717, 1.165) is 43.4 Å². The molecular formula is C19H29N5O. The Bertz CT molecular complexity index is 638. The maximum Gasteiger partial charge on any atom is 0.226 e. The van der Waals surface area contributed by atoms with Gasteiger partial charge in [-0.2, -0.15) is 0 Å². The van der Waals surface area contributed by atoms with E-state index < -0.39 is 0 Å². The van der Waals surface area contributed by atoms with Crippen LogP contribution < -0.4 is 10.6 Å². The molecule has 0 saturated carbocycles. The summed E-state index contributed by atoms with van der Waals surface area (Å²) in [6.07, 6.45) is 2.86. The molecule has 25 heavy (non-hydrogen) atoms. The summed E-state index contributed by atoms with van der Waals surface area (Å²) in [6.45, 7) is 9.04. The van der Waals surface area contributed by atoms with E-state index in [1.54, 1.807) is 13.3 Å². The van der Waals surface area contributed by atoms with Crippen molar-refractivity contribution in [2.75, 3.05) is 33.2 Å². The first-order chi connectivity index (χ1) is 12.3. The first kappa shape index (κ1) is 19.0. The highest BCUT2D eigenvalue weighted by Crippen LogP contribution is 2.17. The van der Waals surface area contributed by atoms with Gasteiger partial charge in [-0.1, -0.05) is 32.0 Å². The molecule has 0 aliphatic rings. The standard InChI is InChI=1S/C19H29N5O/c1-4-12-24(5-2)13-11-21-19(20-3)22-14-17-15-25-18(23-17)16-9-7-6-8-10-16/h6-10,15H,4-5,11-14H2,1-3H3,(H2,20,21,22). The van der Waals surface area contributed by atoms with Gasteiger partial charge >= 0.3 is 0 Å². The highest BCUT2D eigenvalue weighted by molar-refractivity contribution is 5.79. The second kappa shape index (κ2) is 10.5. The number of benzene rings is 1. The lowest BCUT2D eigenvalue weighted by atomic mass is 10.2. The van der Waals surface area contributed by atoms with Crippen LogP contribution in [0.4, 0.5) is 0 Å². The molecule has 6 heteroatoms. The largest absolute Gasteiger partial charge is 0.444 e. The predicted octanol–water partition coefficient (Wildman–Crippen LogP) is 2.74. The van der Waals surface area contributed by atoms with E-state index >= 15 is 0 Å². The summed E-state index contributed by atoms with van der Waals surface area (Å²) >= 11 is 0. The molecule has 0 aliphatic heterocycles. The van der Waals surface area contributed by atoms with Crippen LogP contribution in [0.25, 0.3) is 11.5 Å². The average molecular weight is 343 g/mol. The Morgan fingerprint density at radius 1 is 1.16 bits per heavy atom. The van der Waals surface area contributed by atoms with Crippen molar-refractivity contribution in [1.29, 1.82) is 0 Å². The van der Waals surface area contributed by atoms with Crippen LogP contribution in [0, 0.1) is 0 Å². The lowest BCUT2D eigenvalue weighted by molar-refractivity contribution is 0.293. The predicted molar refractivity (Wildman–Crippen MR) is 103 cm³/mol. The van der Waals surface area contributed by atoms with Crippen LogP contribution >= 0.6 is 0 Å². The first-order valence-corrected chi connectivity index (χ1v) is 8.93. The molecule has 1 aromatic heterocycles. The van der Waals surface area contributed by atoms with Crippen molar-refractivity contribution in [3.05, 3.63) is 42.3 Å². The summed E-state index contributed by atoms with van der Waals surface area (Å²) in [4.78, 5) is 11.2. The summed E-state index contributed by atoms with van der Waals surface area (Å²) < 4.78 is 5.55. The number of hydrogen-bond donors (Lipinski definition) is 2. The van der Waals surface area contributed by atoms with E-state index in [2.05, 4.69) is 39.4 Å². The quantitative estimate of drug-likeness (QED) is 0.541. The molecule has 1 heterocycles. The molecule has 0 bridgehead atoms. The third kappa shape index (κ3) is 6.23. The van der Waals surface area contributed by atoms with Gasteiger partial charge in [0.1, 0.15) is 6.26 Å². The van der Waals surface area contributed by atoms with Crippen LogP contribution in [-0.2, 0) is 6.54 Å². The van der Waals surface area contributed by atoms with Crippen molar-refractivity contribution < 1.29 is 4.42 Å². The Morgan fingerprint density at radius 2 is 1.96 bits per heavy atom. The van der Waals surface area contributed by atoms with E-state index in [1.165, 1.54) is 6.42 Å². The van der Waals surface area contributed by atoms with Crippen LogP contribution in [0.3, 0.4) is 0 Å². The van der Waals surface area contributed by atoms with Crippen LogP contribution in [0.5, 0.6) is 0 Å². The van der Waals surface area contributed by atoms with Crippen molar-refractivity contribution >= 4 is 5.96 Å². The first-order valence-electron chi connectivity index (χ1n) is 8.93. The maximum absolute atomic E-state index is 5.55. The molecule has 0 unspecified atom stereocenters. The Labute approximate surface area is 150 Å². The van der Waals surface area contributed by atoms with Gasteiger partial charge in [-0.25, -0.2) is 4.98 Å². The van der Waals surface area contributed by atoms with Crippen LogP contribution in [0.2, 0.25) is 0 Å². The smallest absolute Gasteiger partial charge is 0.226 e. The molecule has 2 aromatic rings. The fourth-order valence-electron chi connectivity index (χ4n) is 2.57. The van der Waals surface area contributed by atoms with Gasteiger partial charge in [0.15, 0.2) is 5.96 Å². The van der Waals surface area contributed by atoms with Crippen molar-refractivity contribution in [1.82, 2.24) is 20.5 Å². The topological polar surface area (TPSA) is 65.7 Å². The minimum atomic E-state index is 0.572. The van der Waals surface area contributed by atoms with Gasteiger partial charge in [0.2, 0.25) is 5.89 Å². The third-order valence-electron chi connectivity index (χ3n) is 3.94. The molecule has 1 aromatic carbocycles. The van der Waals surface area contributed by atoms with Gasteiger partial charge in [0.05, 0.1) is 12.2 Å². The second-order valence-corrected chi connectivity index (χ2v) is 5.80. The minimum absolute atomic E-state index is 0.572. The van der Waals surface area contributed by atoms with Gasteiger partial charge < -0.3 is 20.0 Å². The fraction of sp³-hybridized carbons (Fsp3) is 0.474. The van der Waals surface area contributed by atoms with Crippen molar-refractivity contribution in [2.45, 2.75) is 26.8 Å². The summed E-state index contributed by atoms with van der Waals surface area (Å²) in [5.41, 5.74) is 1.83. The van der Waals surface area contributed by atoms with Gasteiger partial charge in [-0.3, -0.25) is 4.99 Å². The molecule has 0 atom stereocenters. The van der Waals surface area contributed by atoms with E-state index in [1.807, 2.05) is 30.3 Å². The number of nitrogens with zero attached hydrogens (tertiary/aromatic N) is 3. The van der Waals surface area contributed by atoms with E-state index in [-0.39, 0.29) is 0 Å². The molecule has 2 rings (SSSR count). The number of guanidine groups is 1. The van der Waals surface area contributed by atoms with Crippen molar-refractivity contribution in [3.8, 4) is 11.5 Å². The number of oxazole rings is 1. The lowest BCUT2D eigenvalue weighted by Crippen LogP contribution is -2.41. The molecule has 0 spiro atoms. The third-order valence-corrected chi connectivity index (χ3v) is 3.94. The van der Waals surface area contributed by atoms with Gasteiger partial charge in [0.25, 0.3) is 0 Å². The SMILES string of the molecule is CCCN(CC)CCNC(=NC)NCc1coc(-c2ccccc2)n1. The molecule has 0 radical (unpaired) electrons. The van der Waals surface area contributed by atoms with Gasteiger partial charge in [-0.05, 0) is 31.6 Å². The molecule has 2 N–H and O–H groups in total. The highest BCUT2D eigenvalue weighted by atomic mass is 16.3. The zero-order valence-electron chi connectivity index (χ0n) is 15.5. The molecule has 136 valence electrons. The summed E-state index contributed by atoms with van der Waals surface area (Å²) in [6, 6.07) is 9.89. The number of aliphatic imine (C=N–C) groups is 1. The maximum atomic E-state index is 5.55. The summed E-state index contributed by atoms with van der Waals surface area (Å²) in [5, 5.41) is 6.61. The number of hydrogen-bond acceptors (Lipinski definition) is 4. The van der Waals surface area contributed by atoms with Crippen LogP contribution in [0.1, 0.15) is 26.0 Å². The number of aromatic nitrogens is 1. The van der Waals surface area contributed by atoms with Crippen LogP contribution in [0.15, 0.2) is 46.0 Å². The van der Waals surface area contributed by atoms with Gasteiger partial charge in [0, 0.05) is 25.7 Å². The lowest BCUT2D eigenvalue weighted by Gasteiger charge is -2.20. The number of rotatable bonds is 9. The van der Waals surface area contributed by atoms with Crippen molar-refractivity contribution in [2.24, 2.45) is 4.99 Å². The van der Waals surface area contributed by atoms with E-state index in [4.69, 9.17) is 4.42 Å². The highest BCUT2D eigenvalue weighted by Gasteiger charge is 2.07. The molecule has 0 fully saturated rings. The molecule has 0 amide bonds. The Morgan fingerprint density at radius 3 is 2.64 bits per heavy atom. The Balaban J connectivity index is 1.78. The van der Waals surface area contributed by atoms with Crippen molar-refractivity contribution in [3.63, 3.8) is 0 Å². The minimum Gasteiger partial charge on any atom is -0.444 e. The Kier molecular flexibility index (Phi) is 7.98. The molecular weight excluding hydrogens is 314 g/mol. The molecule has 6 nitrogen and oxygen atoms in total. The fourth-order valence-corrected chi connectivity index (χ4v) is 2.57. The summed E-state index contributed by atoms with van der Waals surface area (Å²) in [5.74, 6) is 1.41. The normalized spacial score (nSPS) is 11.8. The van der Waals surface area contributed by atoms with E-state index in [9.17, 15) is 0 Å². The zero-order valence-corrected chi connectivity index (χ0v) is 15.5. The zero-order chi connectivity index (χ0) is 17.9. The molecule has 0 saturated heterocycles. The van der Waals surface area contributed by atoms with E-state index in [0.29, 0.717) is 12.4 Å². The Hall–Kier alpha value is -2.34. The van der Waals surface area contributed by atoms with Crippen LogP contribution in [-0.4, -0.2) is 49.1 Å². The second-order valence-electron chi connectivity index (χ2n) is 5.80.